The lowest BCUT2D eigenvalue weighted by Gasteiger charge is -2.29. The number of hydrogen-bond acceptors (Lipinski definition) is 9. The van der Waals surface area contributed by atoms with Crippen LogP contribution in [0.15, 0.2) is 64.5 Å². The SMILES string of the molecule is COc1ccc(CN(C2(C)CC2)S(=O)(=O)c2cc(-c3ccc(SCCO)cc3C)c3c(Cl)nc(-c4nnc(C(F)F)s4)n3c2)cc1. The zero-order valence-corrected chi connectivity index (χ0v) is 28.3. The molecule has 0 bridgehead atoms. The van der Waals surface area contributed by atoms with E-state index in [1.54, 1.807) is 25.3 Å². The van der Waals surface area contributed by atoms with E-state index in [1.165, 1.54) is 26.7 Å². The van der Waals surface area contributed by atoms with Gasteiger partial charge in [0.05, 0.1) is 24.1 Å². The minimum Gasteiger partial charge on any atom is -0.497 e. The lowest BCUT2D eigenvalue weighted by molar-refractivity contribution is 0.150. The van der Waals surface area contributed by atoms with E-state index >= 15 is 0 Å². The van der Waals surface area contributed by atoms with Crippen LogP contribution in [0.4, 0.5) is 8.78 Å². The summed E-state index contributed by atoms with van der Waals surface area (Å²) in [6.45, 7) is 4.00. The van der Waals surface area contributed by atoms with Gasteiger partial charge in [-0.15, -0.1) is 22.0 Å². The van der Waals surface area contributed by atoms with Crippen LogP contribution in [0, 0.1) is 6.92 Å². The summed E-state index contributed by atoms with van der Waals surface area (Å²) in [7, 11) is -2.57. The van der Waals surface area contributed by atoms with Crippen LogP contribution < -0.4 is 4.74 Å². The van der Waals surface area contributed by atoms with Gasteiger partial charge in [0, 0.05) is 34.5 Å². The smallest absolute Gasteiger partial charge is 0.291 e. The van der Waals surface area contributed by atoms with E-state index in [0.717, 1.165) is 16.0 Å². The van der Waals surface area contributed by atoms with Gasteiger partial charge in [-0.3, -0.25) is 4.40 Å². The highest BCUT2D eigenvalue weighted by molar-refractivity contribution is 7.99. The summed E-state index contributed by atoms with van der Waals surface area (Å²) in [5.41, 5.74) is 2.68. The van der Waals surface area contributed by atoms with Gasteiger partial charge in [-0.05, 0) is 73.7 Å². The number of aliphatic hydroxyl groups excluding tert-OH is 1. The van der Waals surface area contributed by atoms with Crippen molar-refractivity contribution in [3.8, 4) is 27.7 Å². The second-order valence-corrected chi connectivity index (χ2v) is 15.6. The average molecular weight is 706 g/mol. The summed E-state index contributed by atoms with van der Waals surface area (Å²) in [5, 5.41) is 16.5. The van der Waals surface area contributed by atoms with Crippen molar-refractivity contribution in [2.45, 2.75) is 55.0 Å². The number of alkyl halides is 2. The Morgan fingerprint density at radius 3 is 2.50 bits per heavy atom. The molecule has 6 rings (SSSR count). The van der Waals surface area contributed by atoms with Crippen LogP contribution in [-0.2, 0) is 16.6 Å². The fraction of sp³-hybridized carbons (Fsp3) is 0.323. The molecule has 5 aromatic rings. The molecule has 242 valence electrons. The largest absolute Gasteiger partial charge is 0.497 e. The number of sulfonamides is 1. The van der Waals surface area contributed by atoms with Gasteiger partial charge in [-0.1, -0.05) is 41.1 Å². The number of halogens is 3. The quantitative estimate of drug-likeness (QED) is 0.135. The van der Waals surface area contributed by atoms with Crippen LogP contribution in [0.2, 0.25) is 5.15 Å². The minimum atomic E-state index is -4.14. The fourth-order valence-corrected chi connectivity index (χ4v) is 8.82. The fourth-order valence-electron chi connectivity index (χ4n) is 5.27. The Morgan fingerprint density at radius 2 is 1.89 bits per heavy atom. The number of thioether (sulfide) groups is 1. The molecule has 1 N–H and O–H groups in total. The lowest BCUT2D eigenvalue weighted by Crippen LogP contribution is -2.39. The Hall–Kier alpha value is -3.14. The van der Waals surface area contributed by atoms with Crippen LogP contribution in [0.1, 0.15) is 42.3 Å². The molecular weight excluding hydrogens is 676 g/mol. The van der Waals surface area contributed by atoms with Crippen molar-refractivity contribution in [1.29, 1.82) is 0 Å². The predicted octanol–water partition coefficient (Wildman–Crippen LogP) is 7.26. The molecule has 46 heavy (non-hydrogen) atoms. The lowest BCUT2D eigenvalue weighted by atomic mass is 10.0. The standard InChI is InChI=1S/C31H30ClF2N5O4S3/c1-18-14-21(44-13-12-40)8-9-23(18)24-15-22(17-38-25(24)26(32)35-28(38)30-37-36-29(45-30)27(33)34)46(41,42)39(31(2)10-11-31)16-19-4-6-20(43-3)7-5-19/h4-9,14-15,17,27,40H,10-13,16H2,1-3H3. The van der Waals surface area contributed by atoms with Gasteiger partial charge in [-0.2, -0.15) is 4.31 Å². The summed E-state index contributed by atoms with van der Waals surface area (Å²) in [6, 6.07) is 14.6. The molecule has 15 heteroatoms. The number of aromatic nitrogens is 4. The third-order valence-electron chi connectivity index (χ3n) is 7.98. The van der Waals surface area contributed by atoms with E-state index in [1.807, 2.05) is 44.2 Å². The Kier molecular flexibility index (Phi) is 9.13. The van der Waals surface area contributed by atoms with E-state index in [9.17, 15) is 22.3 Å². The highest BCUT2D eigenvalue weighted by Gasteiger charge is 2.49. The van der Waals surface area contributed by atoms with Crippen molar-refractivity contribution in [1.82, 2.24) is 23.9 Å². The molecule has 3 heterocycles. The van der Waals surface area contributed by atoms with Gasteiger partial charge in [0.2, 0.25) is 10.0 Å². The summed E-state index contributed by atoms with van der Waals surface area (Å²) < 4.78 is 64.5. The minimum absolute atomic E-state index is 0.0105. The Balaban J connectivity index is 1.55. The number of rotatable bonds is 12. The predicted molar refractivity (Wildman–Crippen MR) is 175 cm³/mol. The third-order valence-corrected chi connectivity index (χ3v) is 12.1. The molecule has 0 atom stereocenters. The van der Waals surface area contributed by atoms with Crippen molar-refractivity contribution in [3.63, 3.8) is 0 Å². The summed E-state index contributed by atoms with van der Waals surface area (Å²) in [5.74, 6) is 1.30. The van der Waals surface area contributed by atoms with Crippen LogP contribution in [0.5, 0.6) is 5.75 Å². The van der Waals surface area contributed by atoms with Crippen molar-refractivity contribution < 1.29 is 27.0 Å². The molecule has 0 unspecified atom stereocenters. The second-order valence-electron chi connectivity index (χ2n) is 11.2. The number of aliphatic hydroxyl groups is 1. The molecular formula is C31H30ClF2N5O4S3. The van der Waals surface area contributed by atoms with E-state index < -0.39 is 27.0 Å². The molecule has 1 fully saturated rings. The molecule has 0 saturated heterocycles. The molecule has 0 aliphatic heterocycles. The van der Waals surface area contributed by atoms with Gasteiger partial charge < -0.3 is 9.84 Å². The number of methoxy groups -OCH3 is 1. The Morgan fingerprint density at radius 1 is 1.15 bits per heavy atom. The molecule has 0 amide bonds. The topological polar surface area (TPSA) is 110 Å². The Bertz CT molecular complexity index is 2010. The number of benzene rings is 2. The van der Waals surface area contributed by atoms with Gasteiger partial charge >= 0.3 is 0 Å². The maximum Gasteiger partial charge on any atom is 0.291 e. The number of nitrogens with zero attached hydrogens (tertiary/aromatic N) is 5. The van der Waals surface area contributed by atoms with Crippen LogP contribution >= 0.6 is 34.7 Å². The molecule has 1 aliphatic rings. The second kappa shape index (κ2) is 12.8. The molecule has 3 aromatic heterocycles. The third kappa shape index (κ3) is 6.26. The zero-order chi connectivity index (χ0) is 32.8. The first-order chi connectivity index (χ1) is 21.9. The summed E-state index contributed by atoms with van der Waals surface area (Å²) in [4.78, 5) is 5.39. The summed E-state index contributed by atoms with van der Waals surface area (Å²) >= 11 is 8.89. The number of hydrogen-bond donors (Lipinski definition) is 1. The molecule has 9 nitrogen and oxygen atoms in total. The first-order valence-electron chi connectivity index (χ1n) is 14.3. The van der Waals surface area contributed by atoms with Gasteiger partial charge in [-0.25, -0.2) is 22.2 Å². The Labute approximate surface area is 278 Å². The van der Waals surface area contributed by atoms with E-state index in [2.05, 4.69) is 15.2 Å². The molecule has 1 saturated carbocycles. The molecule has 2 aromatic carbocycles. The van der Waals surface area contributed by atoms with E-state index in [4.69, 9.17) is 16.3 Å². The van der Waals surface area contributed by atoms with Gasteiger partial charge in [0.1, 0.15) is 5.75 Å². The highest BCUT2D eigenvalue weighted by atomic mass is 35.5. The number of ether oxygens (including phenoxy) is 1. The van der Waals surface area contributed by atoms with Crippen LogP contribution in [0.25, 0.3) is 27.5 Å². The summed E-state index contributed by atoms with van der Waals surface area (Å²) in [6.07, 6.45) is 0.00858. The number of aryl methyl sites for hydroxylation is 1. The monoisotopic (exact) mass is 705 g/mol. The number of pyridine rings is 1. The number of imidazole rings is 1. The zero-order valence-electron chi connectivity index (χ0n) is 25.1. The van der Waals surface area contributed by atoms with Crippen molar-refractivity contribution in [2.24, 2.45) is 0 Å². The maximum atomic E-state index is 14.7. The van der Waals surface area contributed by atoms with Crippen molar-refractivity contribution in [2.75, 3.05) is 19.5 Å². The van der Waals surface area contributed by atoms with Crippen LogP contribution in [-0.4, -0.2) is 62.4 Å². The average Bonchev–Trinajstić information content (AvgIpc) is 3.42. The number of fused-ring (bicyclic) bond motifs is 1. The van der Waals surface area contributed by atoms with Gasteiger partial charge in [0.15, 0.2) is 21.0 Å². The van der Waals surface area contributed by atoms with Gasteiger partial charge in [0.25, 0.3) is 6.43 Å². The van der Waals surface area contributed by atoms with Crippen molar-refractivity contribution >= 4 is 50.2 Å². The molecule has 0 spiro atoms. The first kappa shape index (κ1) is 32.8. The maximum absolute atomic E-state index is 14.7. The first-order valence-corrected chi connectivity index (χ1v) is 17.9. The molecule has 1 aliphatic carbocycles. The highest BCUT2D eigenvalue weighted by Crippen LogP contribution is 2.46. The molecule has 0 radical (unpaired) electrons. The normalized spacial score (nSPS) is 14.5. The van der Waals surface area contributed by atoms with E-state index in [-0.39, 0.29) is 34.0 Å². The van der Waals surface area contributed by atoms with E-state index in [0.29, 0.717) is 52.3 Å². The van der Waals surface area contributed by atoms with Crippen molar-refractivity contribution in [3.05, 3.63) is 76.0 Å². The van der Waals surface area contributed by atoms with Crippen LogP contribution in [0.3, 0.4) is 0 Å².